The lowest BCUT2D eigenvalue weighted by molar-refractivity contribution is 0.711. The molecule has 166 valence electrons. The van der Waals surface area contributed by atoms with Gasteiger partial charge in [0.2, 0.25) is 0 Å². The maximum atomic E-state index is 13.9. The molecule has 0 fully saturated rings. The van der Waals surface area contributed by atoms with Crippen molar-refractivity contribution in [2.24, 2.45) is 0 Å². The zero-order valence-electron chi connectivity index (χ0n) is 18.7. The quantitative estimate of drug-likeness (QED) is 0.341. The highest BCUT2D eigenvalue weighted by atomic mass is 35.5. The summed E-state index contributed by atoms with van der Waals surface area (Å²) in [5.74, 6) is 0.596. The summed E-state index contributed by atoms with van der Waals surface area (Å²) in [6.45, 7) is 4.20. The van der Waals surface area contributed by atoms with Crippen LogP contribution < -0.4 is 5.56 Å². The third-order valence-corrected chi connectivity index (χ3v) is 6.47. The summed E-state index contributed by atoms with van der Waals surface area (Å²) in [6, 6.07) is 23.3. The summed E-state index contributed by atoms with van der Waals surface area (Å²) in [4.78, 5) is 28.6. The summed E-state index contributed by atoms with van der Waals surface area (Å²) in [5, 5.41) is 1.06. The van der Waals surface area contributed by atoms with Gasteiger partial charge in [-0.3, -0.25) is 13.9 Å². The van der Waals surface area contributed by atoms with Gasteiger partial charge < -0.3 is 0 Å². The van der Waals surface area contributed by atoms with Gasteiger partial charge >= 0.3 is 0 Å². The van der Waals surface area contributed by atoms with Crippen LogP contribution >= 0.6 is 11.6 Å². The number of nitrogens with zero attached hydrogens (tertiary/aromatic N) is 5. The number of hydrogen-bond donors (Lipinski definition) is 0. The van der Waals surface area contributed by atoms with Crippen LogP contribution in [0.3, 0.4) is 0 Å². The molecule has 0 radical (unpaired) electrons. The molecule has 0 atom stereocenters. The Labute approximate surface area is 200 Å². The molecule has 0 aliphatic rings. The van der Waals surface area contributed by atoms with Crippen molar-refractivity contribution in [1.82, 2.24) is 24.1 Å². The Hall–Kier alpha value is -4.03. The van der Waals surface area contributed by atoms with E-state index in [4.69, 9.17) is 26.6 Å². The average molecular weight is 466 g/mol. The zero-order chi connectivity index (χ0) is 23.4. The summed E-state index contributed by atoms with van der Waals surface area (Å²) in [7, 11) is 0. The van der Waals surface area contributed by atoms with E-state index in [0.717, 1.165) is 27.8 Å². The van der Waals surface area contributed by atoms with E-state index in [0.29, 0.717) is 39.6 Å². The largest absolute Gasteiger partial charge is 0.292 e. The smallest absolute Gasteiger partial charge is 0.265 e. The first-order valence-corrected chi connectivity index (χ1v) is 11.4. The van der Waals surface area contributed by atoms with Crippen LogP contribution in [-0.4, -0.2) is 24.1 Å². The predicted molar refractivity (Wildman–Crippen MR) is 136 cm³/mol. The molecule has 0 unspecified atom stereocenters. The number of aryl methyl sites for hydroxylation is 2. The Morgan fingerprint density at radius 3 is 2.32 bits per heavy atom. The third-order valence-electron chi connectivity index (χ3n) is 6.10. The van der Waals surface area contributed by atoms with Gasteiger partial charge in [-0.15, -0.1) is 0 Å². The van der Waals surface area contributed by atoms with E-state index in [1.54, 1.807) is 4.57 Å². The van der Waals surface area contributed by atoms with Crippen LogP contribution in [0.15, 0.2) is 77.6 Å². The van der Waals surface area contributed by atoms with Crippen molar-refractivity contribution in [2.45, 2.75) is 20.4 Å². The molecular formula is C27H20ClN5O. The number of para-hydroxylation sites is 2. The number of halogens is 1. The van der Waals surface area contributed by atoms with Crippen LogP contribution in [0, 0.1) is 13.8 Å². The highest BCUT2D eigenvalue weighted by molar-refractivity contribution is 6.31. The van der Waals surface area contributed by atoms with E-state index < -0.39 is 0 Å². The fraction of sp³-hybridized carbons (Fsp3) is 0.111. The molecule has 0 bridgehead atoms. The van der Waals surface area contributed by atoms with Crippen molar-refractivity contribution < 1.29 is 0 Å². The van der Waals surface area contributed by atoms with Gasteiger partial charge in [-0.25, -0.2) is 15.0 Å². The fourth-order valence-corrected chi connectivity index (χ4v) is 4.62. The van der Waals surface area contributed by atoms with Gasteiger partial charge in [0.1, 0.15) is 16.7 Å². The molecule has 0 spiro atoms. The Balaban J connectivity index is 1.74. The average Bonchev–Trinajstić information content (AvgIpc) is 3.14. The molecule has 0 saturated carbocycles. The minimum absolute atomic E-state index is 0.164. The molecule has 3 heterocycles. The highest BCUT2D eigenvalue weighted by Gasteiger charge is 2.22. The summed E-state index contributed by atoms with van der Waals surface area (Å²) in [5.41, 5.74) is 5.88. The minimum Gasteiger partial charge on any atom is -0.292 e. The lowest BCUT2D eigenvalue weighted by atomic mass is 10.2. The highest BCUT2D eigenvalue weighted by Crippen LogP contribution is 2.29. The molecule has 7 heteroatoms. The van der Waals surface area contributed by atoms with Crippen LogP contribution in [0.1, 0.15) is 17.0 Å². The van der Waals surface area contributed by atoms with E-state index in [2.05, 4.69) is 6.07 Å². The first-order chi connectivity index (χ1) is 16.5. The maximum Gasteiger partial charge on any atom is 0.265 e. The molecule has 3 aromatic carbocycles. The number of aromatic nitrogens is 5. The maximum absolute atomic E-state index is 13.9. The second-order valence-corrected chi connectivity index (χ2v) is 8.81. The van der Waals surface area contributed by atoms with Crippen LogP contribution in [0.2, 0.25) is 5.02 Å². The molecule has 0 aliphatic carbocycles. The molecule has 6 aromatic rings. The lowest BCUT2D eigenvalue weighted by Crippen LogP contribution is -2.24. The molecule has 34 heavy (non-hydrogen) atoms. The van der Waals surface area contributed by atoms with E-state index in [9.17, 15) is 4.79 Å². The van der Waals surface area contributed by atoms with E-state index in [1.165, 1.54) is 0 Å². The minimum atomic E-state index is -0.164. The van der Waals surface area contributed by atoms with E-state index in [1.807, 2.05) is 85.1 Å². The number of benzene rings is 3. The molecular weight excluding hydrogens is 446 g/mol. The van der Waals surface area contributed by atoms with Crippen LogP contribution in [0.5, 0.6) is 0 Å². The van der Waals surface area contributed by atoms with Crippen molar-refractivity contribution in [3.05, 3.63) is 105 Å². The van der Waals surface area contributed by atoms with Gasteiger partial charge in [0.15, 0.2) is 11.3 Å². The van der Waals surface area contributed by atoms with E-state index >= 15 is 0 Å². The molecule has 6 nitrogen and oxygen atoms in total. The van der Waals surface area contributed by atoms with Crippen molar-refractivity contribution in [1.29, 1.82) is 0 Å². The van der Waals surface area contributed by atoms with Gasteiger partial charge in [0.25, 0.3) is 5.56 Å². The fourth-order valence-electron chi connectivity index (χ4n) is 4.43. The summed E-state index contributed by atoms with van der Waals surface area (Å²) >= 11 is 6.39. The van der Waals surface area contributed by atoms with Crippen LogP contribution in [-0.2, 0) is 6.54 Å². The number of hydrogen-bond acceptors (Lipinski definition) is 4. The zero-order valence-corrected chi connectivity index (χ0v) is 19.4. The van der Waals surface area contributed by atoms with Crippen LogP contribution in [0.4, 0.5) is 0 Å². The second-order valence-electron chi connectivity index (χ2n) is 8.40. The number of rotatable bonds is 3. The molecule has 0 saturated heterocycles. The molecule has 0 amide bonds. The second kappa shape index (κ2) is 7.78. The first-order valence-electron chi connectivity index (χ1n) is 11.0. The summed E-state index contributed by atoms with van der Waals surface area (Å²) < 4.78 is 3.59. The number of fused-ring (bicyclic) bond motifs is 4. The van der Waals surface area contributed by atoms with Crippen molar-refractivity contribution >= 4 is 44.8 Å². The monoisotopic (exact) mass is 465 g/mol. The third kappa shape index (κ3) is 3.18. The molecule has 0 aliphatic heterocycles. The molecule has 0 N–H and O–H groups in total. The summed E-state index contributed by atoms with van der Waals surface area (Å²) in [6.07, 6.45) is 0. The van der Waals surface area contributed by atoms with Gasteiger partial charge in [-0.2, -0.15) is 0 Å². The predicted octanol–water partition coefficient (Wildman–Crippen LogP) is 5.60. The first kappa shape index (κ1) is 20.6. The Bertz CT molecular complexity index is 1800. The van der Waals surface area contributed by atoms with Crippen molar-refractivity contribution in [2.75, 3.05) is 0 Å². The SMILES string of the molecule is Cc1cccc(-n2c3nc4ccccc4nc3c3c(=O)n(Cc4ccccc4Cl)c(C)nc32)c1. The van der Waals surface area contributed by atoms with Gasteiger partial charge in [0, 0.05) is 10.7 Å². The van der Waals surface area contributed by atoms with Crippen molar-refractivity contribution in [3.63, 3.8) is 0 Å². The van der Waals surface area contributed by atoms with Crippen LogP contribution in [0.25, 0.3) is 38.9 Å². The van der Waals surface area contributed by atoms with Gasteiger partial charge in [-0.1, -0.05) is 54.1 Å². The standard InChI is InChI=1S/C27H20ClN5O/c1-16-8-7-10-19(14-16)33-25-23(24-26(33)31-22-13-6-5-12-21(22)30-24)27(34)32(17(2)29-25)15-18-9-3-4-11-20(18)28/h3-14H,15H2,1-2H3. The van der Waals surface area contributed by atoms with Crippen molar-refractivity contribution in [3.8, 4) is 5.69 Å². The Morgan fingerprint density at radius 1 is 0.824 bits per heavy atom. The van der Waals surface area contributed by atoms with Gasteiger partial charge in [0.05, 0.1) is 17.6 Å². The molecule has 3 aromatic heterocycles. The lowest BCUT2D eigenvalue weighted by Gasteiger charge is -2.12. The normalized spacial score (nSPS) is 11.6. The molecule has 6 rings (SSSR count). The van der Waals surface area contributed by atoms with E-state index in [-0.39, 0.29) is 5.56 Å². The topological polar surface area (TPSA) is 65.6 Å². The van der Waals surface area contributed by atoms with Gasteiger partial charge in [-0.05, 0) is 55.3 Å². The Kier molecular flexibility index (Phi) is 4.71. The Morgan fingerprint density at radius 2 is 1.56 bits per heavy atom.